The van der Waals surface area contributed by atoms with Crippen molar-refractivity contribution in [3.63, 3.8) is 0 Å². The Labute approximate surface area is 293 Å². The number of aliphatic imine (C=N–C) groups is 2. The van der Waals surface area contributed by atoms with E-state index in [4.69, 9.17) is 19.8 Å². The predicted molar refractivity (Wildman–Crippen MR) is 192 cm³/mol. The Morgan fingerprint density at radius 1 is 1.08 bits per heavy atom. The minimum absolute atomic E-state index is 0.00345. The maximum Gasteiger partial charge on any atom is 0.303 e. The van der Waals surface area contributed by atoms with Gasteiger partial charge in [-0.25, -0.2) is 0 Å². The molecular weight excluding hydrogens is 634 g/mol. The lowest BCUT2D eigenvalue weighted by Gasteiger charge is -2.21. The molecule has 1 amide bonds. The first-order valence-corrected chi connectivity index (χ1v) is 17.9. The number of amides is 1. The van der Waals surface area contributed by atoms with Crippen LogP contribution in [0.1, 0.15) is 128 Å². The number of carboxylic acids is 1. The molecule has 8 bridgehead atoms. The van der Waals surface area contributed by atoms with Gasteiger partial charge < -0.3 is 25.1 Å². The molecule has 11 nitrogen and oxygen atoms in total. The zero-order valence-corrected chi connectivity index (χ0v) is 30.2. The molecule has 6 rings (SSSR count). The van der Waals surface area contributed by atoms with E-state index < -0.39 is 5.97 Å². The molecule has 50 heavy (non-hydrogen) atoms. The summed E-state index contributed by atoms with van der Waals surface area (Å²) in [5.74, 6) is -1.91. The van der Waals surface area contributed by atoms with Crippen molar-refractivity contribution < 1.29 is 29.0 Å². The van der Waals surface area contributed by atoms with Crippen LogP contribution < -0.4 is 5.32 Å². The summed E-state index contributed by atoms with van der Waals surface area (Å²) in [7, 11) is 1.73. The summed E-state index contributed by atoms with van der Waals surface area (Å²) in [5, 5.41) is 11.5. The van der Waals surface area contributed by atoms with E-state index in [0.29, 0.717) is 25.7 Å². The Morgan fingerprint density at radius 3 is 2.54 bits per heavy atom. The van der Waals surface area contributed by atoms with Crippen LogP contribution in [0.5, 0.6) is 0 Å². The smallest absolute Gasteiger partial charge is 0.303 e. The van der Waals surface area contributed by atoms with Crippen LogP contribution in [-0.2, 0) is 32.0 Å². The van der Waals surface area contributed by atoms with Gasteiger partial charge in [0.2, 0.25) is 5.91 Å². The molecule has 0 saturated carbocycles. The lowest BCUT2D eigenvalue weighted by Crippen LogP contribution is -2.31. The molecule has 0 saturated heterocycles. The largest absolute Gasteiger partial charge is 0.481 e. The Bertz CT molecular complexity index is 1890. The van der Waals surface area contributed by atoms with E-state index in [0.717, 1.165) is 68.6 Å². The first kappa shape index (κ1) is 35.4. The summed E-state index contributed by atoms with van der Waals surface area (Å²) in [6, 6.07) is 0.00345. The first-order valence-electron chi connectivity index (χ1n) is 17.9. The number of hydrogen-bond donors (Lipinski definition) is 4. The van der Waals surface area contributed by atoms with E-state index in [9.17, 15) is 19.2 Å². The number of carbonyl (C=O) groups is 4. The van der Waals surface area contributed by atoms with E-state index in [-0.39, 0.29) is 73.2 Å². The number of carboxylic acid groups (broad SMARTS) is 1. The first-order chi connectivity index (χ1) is 23.8. The number of carbonyl (C=O) groups excluding carboxylic acids is 3. The fraction of sp³-hybridized carbons (Fsp3) is 0.538. The summed E-state index contributed by atoms with van der Waals surface area (Å²) < 4.78 is 5.86. The minimum Gasteiger partial charge on any atom is -0.481 e. The number of aromatic nitrogens is 2. The molecule has 3 aliphatic heterocycles. The number of ether oxygens (including phenoxy) is 1. The number of hydrogen-bond acceptors (Lipinski definition) is 7. The number of nitrogens with zero attached hydrogens (tertiary/aromatic N) is 2. The Hall–Kier alpha value is -4.38. The van der Waals surface area contributed by atoms with Gasteiger partial charge in [0, 0.05) is 108 Å². The average molecular weight is 684 g/mol. The second-order valence-electron chi connectivity index (χ2n) is 14.4. The Balaban J connectivity index is 1.40. The molecular formula is C39H49N5O6. The van der Waals surface area contributed by atoms with Gasteiger partial charge in [-0.1, -0.05) is 13.8 Å². The maximum absolute atomic E-state index is 13.7. The molecule has 3 unspecified atom stereocenters. The highest BCUT2D eigenvalue weighted by atomic mass is 16.5. The van der Waals surface area contributed by atoms with Crippen molar-refractivity contribution in [2.75, 3.05) is 13.7 Å². The standard InChI is InChI=1S/C39H49N5O6/c1-8-24-18(2)27-16-32-36(22(6)50-7)20(4)29(42-32)14-28-19(3)25(10-11-34(47)40-17-23(45)9-12-35(48)49)38(43-28)26-13-33(46)37-21(5)30(44-39(26)37)15-31(24)41-27/h14,19,22,25-27,42,44H,8-13,15-17H2,1-7H3,(H,40,47)(H,48,49)/t19-,22?,25-,26?,27?/m0/s1. The van der Waals surface area contributed by atoms with Gasteiger partial charge in [0.15, 0.2) is 11.6 Å². The van der Waals surface area contributed by atoms with Crippen LogP contribution in [-0.4, -0.2) is 69.6 Å². The van der Waals surface area contributed by atoms with Crippen molar-refractivity contribution in [1.82, 2.24) is 15.3 Å². The molecule has 5 atom stereocenters. The molecule has 0 spiro atoms. The highest BCUT2D eigenvalue weighted by Gasteiger charge is 2.44. The maximum atomic E-state index is 13.7. The van der Waals surface area contributed by atoms with E-state index in [1.165, 1.54) is 11.1 Å². The SMILES string of the molecule is CCC1=C(C)C2Cc3[nH]c(c(C)c3C(C)OC)C=C3N=C(C4CC(=O)c5c4[nH]c(c5C)CC1=N2)[C@@H](CCC(=O)NCC(=O)CCC(=O)O)[C@@H]3C. The fourth-order valence-corrected chi connectivity index (χ4v) is 8.51. The predicted octanol–water partition coefficient (Wildman–Crippen LogP) is 6.06. The van der Waals surface area contributed by atoms with Gasteiger partial charge in [0.1, 0.15) is 0 Å². The summed E-state index contributed by atoms with van der Waals surface area (Å²) in [4.78, 5) is 67.6. The normalized spacial score (nSPS) is 23.2. The second-order valence-corrected chi connectivity index (χ2v) is 14.4. The molecule has 2 aromatic rings. The van der Waals surface area contributed by atoms with Crippen LogP contribution in [0.3, 0.4) is 0 Å². The molecule has 4 aliphatic rings. The van der Waals surface area contributed by atoms with E-state index >= 15 is 0 Å². The Kier molecular flexibility index (Phi) is 9.99. The number of methoxy groups -OCH3 is 1. The van der Waals surface area contributed by atoms with Crippen molar-refractivity contribution >= 4 is 40.9 Å². The third-order valence-corrected chi connectivity index (χ3v) is 11.4. The number of aliphatic carboxylic acids is 1. The van der Waals surface area contributed by atoms with Crippen LogP contribution in [0.2, 0.25) is 0 Å². The van der Waals surface area contributed by atoms with Gasteiger partial charge in [0.05, 0.1) is 25.1 Å². The number of allylic oxidation sites excluding steroid dienone is 2. The van der Waals surface area contributed by atoms with Gasteiger partial charge in [0.25, 0.3) is 0 Å². The average Bonchev–Trinajstić information content (AvgIpc) is 3.83. The molecule has 11 heteroatoms. The van der Waals surface area contributed by atoms with Crippen molar-refractivity contribution in [3.8, 4) is 0 Å². The van der Waals surface area contributed by atoms with Crippen molar-refractivity contribution in [3.05, 3.63) is 61.9 Å². The third kappa shape index (κ3) is 6.48. The van der Waals surface area contributed by atoms with E-state index in [1.54, 1.807) is 7.11 Å². The number of H-pyrrole nitrogens is 2. The number of Topliss-reactive ketones (excluding diaryl/α,β-unsaturated/α-hetero) is 2. The highest BCUT2D eigenvalue weighted by Crippen LogP contribution is 2.46. The van der Waals surface area contributed by atoms with Gasteiger partial charge in [-0.05, 0) is 68.9 Å². The molecule has 1 aliphatic carbocycles. The number of rotatable bonds is 11. The third-order valence-electron chi connectivity index (χ3n) is 11.4. The minimum atomic E-state index is -1.05. The quantitative estimate of drug-likeness (QED) is 0.225. The molecule has 0 radical (unpaired) electrons. The number of aromatic amines is 2. The topological polar surface area (TPSA) is 166 Å². The van der Waals surface area contributed by atoms with Gasteiger partial charge in [-0.15, -0.1) is 0 Å². The second kappa shape index (κ2) is 14.1. The lowest BCUT2D eigenvalue weighted by molar-refractivity contribution is -0.138. The summed E-state index contributed by atoms with van der Waals surface area (Å²) in [6.07, 6.45) is 4.81. The van der Waals surface area contributed by atoms with Crippen LogP contribution >= 0.6 is 0 Å². The van der Waals surface area contributed by atoms with Gasteiger partial charge in [-0.2, -0.15) is 0 Å². The summed E-state index contributed by atoms with van der Waals surface area (Å²) in [5.41, 5.74) is 13.4. The zero-order chi connectivity index (χ0) is 36.0. The van der Waals surface area contributed by atoms with Gasteiger partial charge in [-0.3, -0.25) is 29.2 Å². The number of nitrogens with one attached hydrogen (secondary N) is 3. The molecule has 5 heterocycles. The van der Waals surface area contributed by atoms with Crippen LogP contribution in [0.25, 0.3) is 6.08 Å². The summed E-state index contributed by atoms with van der Waals surface area (Å²) >= 11 is 0. The summed E-state index contributed by atoms with van der Waals surface area (Å²) in [6.45, 7) is 12.5. The zero-order valence-electron chi connectivity index (χ0n) is 30.2. The van der Waals surface area contributed by atoms with Gasteiger partial charge >= 0.3 is 5.97 Å². The number of ketones is 2. The van der Waals surface area contributed by atoms with Crippen LogP contribution in [0.15, 0.2) is 26.8 Å². The van der Waals surface area contributed by atoms with E-state index in [2.05, 4.69) is 56.0 Å². The highest BCUT2D eigenvalue weighted by molar-refractivity contribution is 6.11. The fourth-order valence-electron chi connectivity index (χ4n) is 8.51. The Morgan fingerprint density at radius 2 is 1.84 bits per heavy atom. The molecule has 2 aromatic heterocycles. The lowest BCUT2D eigenvalue weighted by atomic mass is 9.81. The van der Waals surface area contributed by atoms with E-state index in [1.807, 2.05) is 6.92 Å². The monoisotopic (exact) mass is 683 g/mol. The molecule has 0 fully saturated rings. The van der Waals surface area contributed by atoms with Crippen molar-refractivity contribution in [2.24, 2.45) is 21.8 Å². The van der Waals surface area contributed by atoms with Crippen LogP contribution in [0.4, 0.5) is 0 Å². The van der Waals surface area contributed by atoms with Crippen molar-refractivity contribution in [2.45, 2.75) is 111 Å². The molecule has 0 aromatic carbocycles. The molecule has 4 N–H and O–H groups in total. The van der Waals surface area contributed by atoms with Crippen LogP contribution in [0, 0.1) is 25.7 Å². The number of fused-ring (bicyclic) bond motifs is 6. The van der Waals surface area contributed by atoms with Crippen molar-refractivity contribution in [1.29, 1.82) is 0 Å². The molecule has 266 valence electrons.